The fourth-order valence-corrected chi connectivity index (χ4v) is 2.16. The molecule has 4 nitrogen and oxygen atoms in total. The highest BCUT2D eigenvalue weighted by atomic mass is 32.1. The highest BCUT2D eigenvalue weighted by Gasteiger charge is 2.14. The van der Waals surface area contributed by atoms with Crippen LogP contribution in [0.2, 0.25) is 0 Å². The van der Waals surface area contributed by atoms with E-state index in [-0.39, 0.29) is 10.6 Å². The summed E-state index contributed by atoms with van der Waals surface area (Å²) in [4.78, 5) is 11.6. The molecule has 2 rings (SSSR count). The third kappa shape index (κ3) is 2.75. The second-order valence-electron chi connectivity index (χ2n) is 3.53. The van der Waals surface area contributed by atoms with E-state index in [1.807, 2.05) is 17.5 Å². The van der Waals surface area contributed by atoms with Crippen LogP contribution >= 0.6 is 11.3 Å². The minimum Gasteiger partial charge on any atom is -0.497 e. The van der Waals surface area contributed by atoms with E-state index < -0.39 is 0 Å². The SMILES string of the molecule is COc1ccc(/C(=C/c2cccs2)[N+](=O)[O-])cc1. The van der Waals surface area contributed by atoms with E-state index in [0.29, 0.717) is 11.3 Å². The normalized spacial score (nSPS) is 11.3. The van der Waals surface area contributed by atoms with Gasteiger partial charge >= 0.3 is 0 Å². The van der Waals surface area contributed by atoms with Crippen LogP contribution in [0.3, 0.4) is 0 Å². The Hall–Kier alpha value is -2.14. The van der Waals surface area contributed by atoms with Crippen LogP contribution in [-0.4, -0.2) is 12.0 Å². The standard InChI is InChI=1S/C13H11NO3S/c1-17-11-6-4-10(5-7-11)13(14(15)16)9-12-3-2-8-18-12/h2-9H,1H3/b13-9-. The Labute approximate surface area is 108 Å². The molecule has 18 heavy (non-hydrogen) atoms. The molecular formula is C13H11NO3S. The average Bonchev–Trinajstić information content (AvgIpc) is 2.89. The van der Waals surface area contributed by atoms with Crippen molar-refractivity contribution in [1.29, 1.82) is 0 Å². The maximum atomic E-state index is 11.1. The second-order valence-corrected chi connectivity index (χ2v) is 4.51. The minimum absolute atomic E-state index is 0.0834. The van der Waals surface area contributed by atoms with Crippen LogP contribution in [0.5, 0.6) is 5.75 Å². The fraction of sp³-hybridized carbons (Fsp3) is 0.0769. The number of nitro groups is 1. The van der Waals surface area contributed by atoms with Crippen molar-refractivity contribution in [3.8, 4) is 5.75 Å². The van der Waals surface area contributed by atoms with E-state index >= 15 is 0 Å². The largest absolute Gasteiger partial charge is 0.497 e. The minimum atomic E-state index is -0.373. The van der Waals surface area contributed by atoms with Crippen molar-refractivity contribution < 1.29 is 9.66 Å². The number of thiophene rings is 1. The molecule has 92 valence electrons. The Morgan fingerprint density at radius 2 is 2.06 bits per heavy atom. The lowest BCUT2D eigenvalue weighted by atomic mass is 10.1. The summed E-state index contributed by atoms with van der Waals surface area (Å²) in [5, 5.41) is 13.0. The molecule has 1 heterocycles. The summed E-state index contributed by atoms with van der Waals surface area (Å²) in [6.45, 7) is 0. The number of ether oxygens (including phenoxy) is 1. The molecule has 0 bridgehead atoms. The molecule has 0 saturated heterocycles. The second kappa shape index (κ2) is 5.46. The summed E-state index contributed by atoms with van der Waals surface area (Å²) in [5.41, 5.74) is 0.648. The van der Waals surface area contributed by atoms with Gasteiger partial charge in [0.15, 0.2) is 0 Å². The smallest absolute Gasteiger partial charge is 0.277 e. The van der Waals surface area contributed by atoms with Crippen LogP contribution in [0.1, 0.15) is 10.4 Å². The lowest BCUT2D eigenvalue weighted by Crippen LogP contribution is -1.97. The van der Waals surface area contributed by atoms with Crippen molar-refractivity contribution in [2.75, 3.05) is 7.11 Å². The number of hydrogen-bond donors (Lipinski definition) is 0. The van der Waals surface area contributed by atoms with Crippen molar-refractivity contribution in [3.63, 3.8) is 0 Å². The van der Waals surface area contributed by atoms with Crippen molar-refractivity contribution in [3.05, 3.63) is 62.3 Å². The molecule has 1 aromatic carbocycles. The van der Waals surface area contributed by atoms with Crippen LogP contribution < -0.4 is 4.74 Å². The van der Waals surface area contributed by atoms with E-state index in [9.17, 15) is 10.1 Å². The van der Waals surface area contributed by atoms with Gasteiger partial charge in [0.1, 0.15) is 5.75 Å². The van der Waals surface area contributed by atoms with Gasteiger partial charge in [-0.3, -0.25) is 10.1 Å². The lowest BCUT2D eigenvalue weighted by Gasteiger charge is -2.01. The van der Waals surface area contributed by atoms with Crippen molar-refractivity contribution in [1.82, 2.24) is 0 Å². The predicted molar refractivity (Wildman–Crippen MR) is 72.2 cm³/mol. The lowest BCUT2D eigenvalue weighted by molar-refractivity contribution is -0.374. The van der Waals surface area contributed by atoms with Crippen molar-refractivity contribution in [2.24, 2.45) is 0 Å². The predicted octanol–water partition coefficient (Wildman–Crippen LogP) is 3.53. The molecule has 0 spiro atoms. The van der Waals surface area contributed by atoms with Crippen LogP contribution in [0.4, 0.5) is 0 Å². The third-order valence-corrected chi connectivity index (χ3v) is 3.22. The molecule has 0 atom stereocenters. The molecule has 2 aromatic rings. The summed E-state index contributed by atoms with van der Waals surface area (Å²) in [6.07, 6.45) is 1.58. The van der Waals surface area contributed by atoms with Gasteiger partial charge in [0, 0.05) is 11.0 Å². The molecule has 0 N–H and O–H groups in total. The van der Waals surface area contributed by atoms with Gasteiger partial charge < -0.3 is 4.74 Å². The summed E-state index contributed by atoms with van der Waals surface area (Å²) in [7, 11) is 1.56. The van der Waals surface area contributed by atoms with E-state index in [1.54, 1.807) is 37.5 Å². The third-order valence-electron chi connectivity index (χ3n) is 2.40. The number of rotatable bonds is 4. The topological polar surface area (TPSA) is 52.4 Å². The highest BCUT2D eigenvalue weighted by Crippen LogP contribution is 2.23. The van der Waals surface area contributed by atoms with Gasteiger partial charge in [-0.05, 0) is 35.7 Å². The molecular weight excluding hydrogens is 250 g/mol. The number of nitrogens with zero attached hydrogens (tertiary/aromatic N) is 1. The Balaban J connectivity index is 2.38. The summed E-state index contributed by atoms with van der Waals surface area (Å²) < 4.78 is 5.03. The zero-order valence-electron chi connectivity index (χ0n) is 9.70. The van der Waals surface area contributed by atoms with E-state index in [0.717, 1.165) is 4.88 Å². The fourth-order valence-electron chi connectivity index (χ4n) is 1.51. The van der Waals surface area contributed by atoms with Crippen LogP contribution in [-0.2, 0) is 0 Å². The first kappa shape index (κ1) is 12.3. The zero-order chi connectivity index (χ0) is 13.0. The summed E-state index contributed by atoms with van der Waals surface area (Å²) >= 11 is 1.47. The maximum absolute atomic E-state index is 11.1. The van der Waals surface area contributed by atoms with Gasteiger partial charge in [-0.1, -0.05) is 6.07 Å². The average molecular weight is 261 g/mol. The molecule has 1 aromatic heterocycles. The first-order valence-electron chi connectivity index (χ1n) is 5.25. The van der Waals surface area contributed by atoms with Gasteiger partial charge in [-0.2, -0.15) is 0 Å². The van der Waals surface area contributed by atoms with Crippen molar-refractivity contribution >= 4 is 23.1 Å². The number of hydrogen-bond acceptors (Lipinski definition) is 4. The van der Waals surface area contributed by atoms with Gasteiger partial charge in [0.05, 0.1) is 17.6 Å². The quantitative estimate of drug-likeness (QED) is 0.625. The first-order chi connectivity index (χ1) is 8.70. The molecule has 0 unspecified atom stereocenters. The molecule has 0 aliphatic rings. The van der Waals surface area contributed by atoms with Crippen molar-refractivity contribution in [2.45, 2.75) is 0 Å². The number of benzene rings is 1. The van der Waals surface area contributed by atoms with Crippen LogP contribution in [0, 0.1) is 10.1 Å². The first-order valence-corrected chi connectivity index (χ1v) is 6.12. The van der Waals surface area contributed by atoms with Gasteiger partial charge in [-0.25, -0.2) is 0 Å². The molecule has 0 radical (unpaired) electrons. The Morgan fingerprint density at radius 3 is 2.56 bits per heavy atom. The molecule has 0 amide bonds. The van der Waals surface area contributed by atoms with E-state index in [1.165, 1.54) is 11.3 Å². The highest BCUT2D eigenvalue weighted by molar-refractivity contribution is 7.10. The Kier molecular flexibility index (Phi) is 3.74. The molecule has 5 heteroatoms. The van der Waals surface area contributed by atoms with Crippen LogP contribution in [0.15, 0.2) is 41.8 Å². The summed E-state index contributed by atoms with van der Waals surface area (Å²) in [6, 6.07) is 10.5. The van der Waals surface area contributed by atoms with Gasteiger partial charge in [-0.15, -0.1) is 11.3 Å². The Bertz CT molecular complexity index is 558. The monoisotopic (exact) mass is 261 g/mol. The molecule has 0 aliphatic heterocycles. The number of methoxy groups -OCH3 is 1. The maximum Gasteiger partial charge on any atom is 0.277 e. The summed E-state index contributed by atoms with van der Waals surface area (Å²) in [5.74, 6) is 0.678. The molecule has 0 saturated carbocycles. The zero-order valence-corrected chi connectivity index (χ0v) is 10.5. The van der Waals surface area contributed by atoms with Gasteiger partial charge in [0.25, 0.3) is 5.70 Å². The van der Waals surface area contributed by atoms with Crippen LogP contribution in [0.25, 0.3) is 11.8 Å². The van der Waals surface area contributed by atoms with E-state index in [2.05, 4.69) is 0 Å². The van der Waals surface area contributed by atoms with E-state index in [4.69, 9.17) is 4.74 Å². The molecule has 0 aliphatic carbocycles. The Morgan fingerprint density at radius 1 is 1.33 bits per heavy atom. The van der Waals surface area contributed by atoms with Gasteiger partial charge in [0.2, 0.25) is 0 Å². The molecule has 0 fully saturated rings.